The van der Waals surface area contributed by atoms with Gasteiger partial charge in [-0.05, 0) is 55.0 Å². The number of amides is 4. The molecule has 1 fully saturated rings. The highest BCUT2D eigenvalue weighted by Gasteiger charge is 2.36. The molecule has 1 N–H and O–H groups in total. The quantitative estimate of drug-likeness (QED) is 0.325. The van der Waals surface area contributed by atoms with Crippen molar-refractivity contribution in [2.45, 2.75) is 13.5 Å². The van der Waals surface area contributed by atoms with Gasteiger partial charge in [-0.1, -0.05) is 18.2 Å². The van der Waals surface area contributed by atoms with Crippen LogP contribution in [0.2, 0.25) is 0 Å². The predicted octanol–water partition coefficient (Wildman–Crippen LogP) is 2.14. The summed E-state index contributed by atoms with van der Waals surface area (Å²) in [6.45, 7) is 2.06. The number of likely N-dealkylation sites (N-methyl/N-ethyl adjacent to an activating group) is 1. The summed E-state index contributed by atoms with van der Waals surface area (Å²) in [4.78, 5) is 52.9. The van der Waals surface area contributed by atoms with E-state index in [1.165, 1.54) is 18.1 Å². The second-order valence-electron chi connectivity index (χ2n) is 7.18. The number of ether oxygens (including phenoxy) is 1. The second-order valence-corrected chi connectivity index (χ2v) is 7.57. The van der Waals surface area contributed by atoms with Crippen LogP contribution in [0.4, 0.5) is 0 Å². The lowest BCUT2D eigenvalue weighted by atomic mass is 10.0. The number of hydrogen-bond donors (Lipinski definition) is 1. The van der Waals surface area contributed by atoms with Gasteiger partial charge >= 0.3 is 0 Å². The summed E-state index contributed by atoms with van der Waals surface area (Å²) in [5, 5.41) is 2.58. The molecule has 32 heavy (non-hydrogen) atoms. The molecule has 0 saturated carbocycles. The van der Waals surface area contributed by atoms with Crippen LogP contribution in [0.25, 0.3) is 6.08 Å². The topological polar surface area (TPSA) is 96.0 Å². The Kier molecular flexibility index (Phi) is 5.58. The summed E-state index contributed by atoms with van der Waals surface area (Å²) in [7, 11) is 1.48. The smallest absolute Gasteiger partial charge is 0.265 e. The van der Waals surface area contributed by atoms with Crippen molar-refractivity contribution in [3.8, 4) is 5.75 Å². The Bertz CT molecular complexity index is 1180. The van der Waals surface area contributed by atoms with Crippen LogP contribution in [0, 0.1) is 0 Å². The fourth-order valence-corrected chi connectivity index (χ4v) is 4.02. The number of hydrogen-bond acceptors (Lipinski definition) is 6. The first-order valence-corrected chi connectivity index (χ1v) is 10.3. The van der Waals surface area contributed by atoms with Gasteiger partial charge in [0.2, 0.25) is 0 Å². The first kappa shape index (κ1) is 21.4. The Morgan fingerprint density at radius 1 is 0.969 bits per heavy atom. The Balaban J connectivity index is 1.67. The first-order valence-electron chi connectivity index (χ1n) is 9.86. The summed E-state index contributed by atoms with van der Waals surface area (Å²) in [6.07, 6.45) is 1.45. The van der Waals surface area contributed by atoms with Gasteiger partial charge in [-0.15, -0.1) is 0 Å². The lowest BCUT2D eigenvalue weighted by Crippen LogP contribution is -2.53. The van der Waals surface area contributed by atoms with E-state index in [4.69, 9.17) is 17.0 Å². The van der Waals surface area contributed by atoms with Gasteiger partial charge in [0.05, 0.1) is 24.8 Å². The highest BCUT2D eigenvalue weighted by atomic mass is 32.1. The highest BCUT2D eigenvalue weighted by molar-refractivity contribution is 7.80. The van der Waals surface area contributed by atoms with Crippen LogP contribution in [0.3, 0.4) is 0 Å². The molecule has 2 heterocycles. The fraction of sp³-hybridized carbons (Fsp3) is 0.174. The monoisotopic (exact) mass is 449 g/mol. The maximum Gasteiger partial charge on any atom is 0.265 e. The number of benzene rings is 2. The number of fused-ring (bicyclic) bond motifs is 1. The molecule has 9 heteroatoms. The maximum atomic E-state index is 12.7. The molecular formula is C23H19N3O5S. The zero-order valence-electron chi connectivity index (χ0n) is 17.4. The predicted molar refractivity (Wildman–Crippen MR) is 120 cm³/mol. The molecule has 8 nitrogen and oxygen atoms in total. The molecule has 4 rings (SSSR count). The number of methoxy groups -OCH3 is 1. The van der Waals surface area contributed by atoms with E-state index in [0.29, 0.717) is 34.5 Å². The zero-order chi connectivity index (χ0) is 23.0. The van der Waals surface area contributed by atoms with Crippen molar-refractivity contribution in [2.24, 2.45) is 0 Å². The van der Waals surface area contributed by atoms with Gasteiger partial charge in [0, 0.05) is 12.1 Å². The van der Waals surface area contributed by atoms with Gasteiger partial charge in [-0.2, -0.15) is 0 Å². The second kappa shape index (κ2) is 8.35. The van der Waals surface area contributed by atoms with E-state index in [1.807, 2.05) is 0 Å². The van der Waals surface area contributed by atoms with Gasteiger partial charge < -0.3 is 4.74 Å². The summed E-state index contributed by atoms with van der Waals surface area (Å²) >= 11 is 5.04. The van der Waals surface area contributed by atoms with Crippen LogP contribution >= 0.6 is 12.2 Å². The third-order valence-electron chi connectivity index (χ3n) is 5.32. The molecule has 0 bridgehead atoms. The van der Waals surface area contributed by atoms with Gasteiger partial charge in [0.15, 0.2) is 5.11 Å². The van der Waals surface area contributed by atoms with E-state index in [2.05, 4.69) is 5.32 Å². The molecule has 1 saturated heterocycles. The average molecular weight is 449 g/mol. The number of nitrogens with zero attached hydrogens (tertiary/aromatic N) is 2. The summed E-state index contributed by atoms with van der Waals surface area (Å²) in [5.74, 6) is -1.36. The molecule has 2 aliphatic heterocycles. The number of rotatable bonds is 5. The van der Waals surface area contributed by atoms with E-state index < -0.39 is 11.8 Å². The Hall–Kier alpha value is -3.85. The van der Waals surface area contributed by atoms with Crippen LogP contribution in [-0.4, -0.2) is 52.2 Å². The van der Waals surface area contributed by atoms with Gasteiger partial charge in [-0.3, -0.25) is 34.3 Å². The number of carbonyl (C=O) groups is 4. The van der Waals surface area contributed by atoms with Crippen LogP contribution in [0.15, 0.2) is 48.0 Å². The number of imide groups is 1. The minimum atomic E-state index is -0.581. The van der Waals surface area contributed by atoms with Crippen LogP contribution in [-0.2, 0) is 16.1 Å². The van der Waals surface area contributed by atoms with E-state index in [0.717, 1.165) is 4.90 Å². The third-order valence-corrected chi connectivity index (χ3v) is 5.65. The van der Waals surface area contributed by atoms with Crippen molar-refractivity contribution in [3.63, 3.8) is 0 Å². The molecule has 2 aliphatic rings. The van der Waals surface area contributed by atoms with Crippen LogP contribution < -0.4 is 10.1 Å². The minimum Gasteiger partial charge on any atom is -0.496 e. The van der Waals surface area contributed by atoms with E-state index in [1.54, 1.807) is 49.4 Å². The summed E-state index contributed by atoms with van der Waals surface area (Å²) in [6, 6.07) is 11.7. The van der Waals surface area contributed by atoms with Crippen molar-refractivity contribution >= 4 is 47.0 Å². The number of thiocarbonyl (C=S) groups is 1. The van der Waals surface area contributed by atoms with Crippen molar-refractivity contribution in [2.75, 3.05) is 13.7 Å². The number of nitrogens with one attached hydrogen (secondary N) is 1. The van der Waals surface area contributed by atoms with Crippen molar-refractivity contribution < 1.29 is 23.9 Å². The molecule has 0 aliphatic carbocycles. The largest absolute Gasteiger partial charge is 0.496 e. The minimum absolute atomic E-state index is 0.0160. The van der Waals surface area contributed by atoms with Crippen LogP contribution in [0.1, 0.15) is 38.8 Å². The van der Waals surface area contributed by atoms with Crippen LogP contribution in [0.5, 0.6) is 5.75 Å². The molecule has 4 amide bonds. The molecular weight excluding hydrogens is 430 g/mol. The van der Waals surface area contributed by atoms with Crippen molar-refractivity contribution in [1.29, 1.82) is 0 Å². The molecule has 0 spiro atoms. The Labute approximate surface area is 189 Å². The van der Waals surface area contributed by atoms with Crippen molar-refractivity contribution in [1.82, 2.24) is 15.1 Å². The van der Waals surface area contributed by atoms with Crippen molar-refractivity contribution in [3.05, 3.63) is 70.3 Å². The molecule has 0 aromatic heterocycles. The normalized spacial score (nSPS) is 17.2. The van der Waals surface area contributed by atoms with Gasteiger partial charge in [-0.25, -0.2) is 0 Å². The van der Waals surface area contributed by atoms with Gasteiger partial charge in [0.1, 0.15) is 11.3 Å². The average Bonchev–Trinajstić information content (AvgIpc) is 3.02. The van der Waals surface area contributed by atoms with E-state index >= 15 is 0 Å². The fourth-order valence-electron chi connectivity index (χ4n) is 3.71. The molecule has 0 radical (unpaired) electrons. The Morgan fingerprint density at radius 2 is 1.62 bits per heavy atom. The summed E-state index contributed by atoms with van der Waals surface area (Å²) in [5.41, 5.74) is 1.75. The van der Waals surface area contributed by atoms with Gasteiger partial charge in [0.25, 0.3) is 23.6 Å². The Morgan fingerprint density at radius 3 is 2.22 bits per heavy atom. The number of carbonyl (C=O) groups excluding carboxylic acids is 4. The lowest BCUT2D eigenvalue weighted by molar-refractivity contribution is -0.128. The van der Waals surface area contributed by atoms with E-state index in [9.17, 15) is 19.2 Å². The maximum absolute atomic E-state index is 12.7. The zero-order valence-corrected chi connectivity index (χ0v) is 18.2. The molecule has 0 atom stereocenters. The first-order chi connectivity index (χ1) is 15.3. The molecule has 2 aromatic rings. The summed E-state index contributed by atoms with van der Waals surface area (Å²) < 4.78 is 5.40. The highest BCUT2D eigenvalue weighted by Crippen LogP contribution is 2.29. The standard InChI is InChI=1S/C23H19N3O5S/c1-3-25-22(30)17(19(27)24-23(25)32)11-13-8-9-18(31-2)14(10-13)12-26-20(28)15-6-4-5-7-16(15)21(26)29/h4-11H,3,12H2,1-2H3,(H,24,27,32). The molecule has 0 unspecified atom stereocenters. The lowest BCUT2D eigenvalue weighted by Gasteiger charge is -2.27. The third kappa shape index (κ3) is 3.56. The SMILES string of the molecule is CCN1C(=O)C(=Cc2ccc(OC)c(CN3C(=O)c4ccccc4C3=O)c2)C(=O)NC1=S. The molecule has 2 aromatic carbocycles. The molecule has 162 valence electrons. The van der Waals surface area contributed by atoms with E-state index in [-0.39, 0.29) is 29.0 Å².